The van der Waals surface area contributed by atoms with E-state index in [-0.39, 0.29) is 0 Å². The number of hydrogen-bond donors (Lipinski definition) is 3. The van der Waals surface area contributed by atoms with Crippen LogP contribution in [0.3, 0.4) is 0 Å². The number of fused-ring (bicyclic) bond motifs is 1. The quantitative estimate of drug-likeness (QED) is 0.767. The second kappa shape index (κ2) is 4.87. The Bertz CT molecular complexity index is 481. The van der Waals surface area contributed by atoms with E-state index < -0.39 is 6.10 Å². The molecule has 0 fully saturated rings. The molecule has 4 heteroatoms. The SMILES string of the molecule is NCCCC(O)c1c[nH]c2cccc(Cl)c12. The zero-order valence-electron chi connectivity index (χ0n) is 8.91. The Morgan fingerprint density at radius 1 is 1.44 bits per heavy atom. The largest absolute Gasteiger partial charge is 0.388 e. The number of aliphatic hydroxyl groups is 1. The molecule has 0 aliphatic carbocycles. The lowest BCUT2D eigenvalue weighted by Crippen LogP contribution is -2.03. The number of aliphatic hydroxyl groups excluding tert-OH is 1. The first kappa shape index (κ1) is 11.5. The molecular formula is C12H15ClN2O. The van der Waals surface area contributed by atoms with Crippen molar-refractivity contribution in [1.82, 2.24) is 4.98 Å². The molecular weight excluding hydrogens is 224 g/mol. The highest BCUT2D eigenvalue weighted by molar-refractivity contribution is 6.35. The predicted octanol–water partition coefficient (Wildman–Crippen LogP) is 2.59. The van der Waals surface area contributed by atoms with Gasteiger partial charge in [0.05, 0.1) is 11.1 Å². The third-order valence-electron chi connectivity index (χ3n) is 2.73. The fraction of sp³-hybridized carbons (Fsp3) is 0.333. The third kappa shape index (κ3) is 2.07. The molecule has 1 atom stereocenters. The van der Waals surface area contributed by atoms with Crippen molar-refractivity contribution in [3.63, 3.8) is 0 Å². The van der Waals surface area contributed by atoms with E-state index in [1.54, 1.807) is 0 Å². The molecule has 0 aliphatic rings. The molecule has 0 amide bonds. The normalized spacial score (nSPS) is 13.2. The summed E-state index contributed by atoms with van der Waals surface area (Å²) in [5, 5.41) is 11.6. The lowest BCUT2D eigenvalue weighted by atomic mass is 10.0. The molecule has 0 bridgehead atoms. The summed E-state index contributed by atoms with van der Waals surface area (Å²) in [6, 6.07) is 5.66. The van der Waals surface area contributed by atoms with Crippen LogP contribution in [0.4, 0.5) is 0 Å². The second-order valence-corrected chi connectivity index (χ2v) is 4.26. The van der Waals surface area contributed by atoms with E-state index >= 15 is 0 Å². The molecule has 0 saturated heterocycles. The molecule has 0 saturated carbocycles. The third-order valence-corrected chi connectivity index (χ3v) is 3.04. The number of aromatic amines is 1. The first-order valence-corrected chi connectivity index (χ1v) is 5.75. The van der Waals surface area contributed by atoms with Crippen molar-refractivity contribution in [2.75, 3.05) is 6.54 Å². The summed E-state index contributed by atoms with van der Waals surface area (Å²) in [6.07, 6.45) is 2.78. The van der Waals surface area contributed by atoms with Crippen LogP contribution in [-0.4, -0.2) is 16.6 Å². The molecule has 16 heavy (non-hydrogen) atoms. The molecule has 86 valence electrons. The van der Waals surface area contributed by atoms with Gasteiger partial charge in [0.15, 0.2) is 0 Å². The minimum Gasteiger partial charge on any atom is -0.388 e. The fourth-order valence-corrected chi connectivity index (χ4v) is 2.18. The van der Waals surface area contributed by atoms with Crippen molar-refractivity contribution in [2.45, 2.75) is 18.9 Å². The van der Waals surface area contributed by atoms with Gasteiger partial charge in [-0.25, -0.2) is 0 Å². The number of H-pyrrole nitrogens is 1. The Morgan fingerprint density at radius 2 is 2.25 bits per heavy atom. The number of nitrogens with one attached hydrogen (secondary N) is 1. The van der Waals surface area contributed by atoms with Crippen LogP contribution in [0.5, 0.6) is 0 Å². The van der Waals surface area contributed by atoms with E-state index in [4.69, 9.17) is 17.3 Å². The Kier molecular flexibility index (Phi) is 3.49. The molecule has 0 aliphatic heterocycles. The highest BCUT2D eigenvalue weighted by Crippen LogP contribution is 2.31. The van der Waals surface area contributed by atoms with Gasteiger partial charge in [-0.2, -0.15) is 0 Å². The highest BCUT2D eigenvalue weighted by atomic mass is 35.5. The number of aromatic nitrogens is 1. The number of halogens is 1. The van der Waals surface area contributed by atoms with Gasteiger partial charge in [0.2, 0.25) is 0 Å². The average Bonchev–Trinajstić information content (AvgIpc) is 2.71. The van der Waals surface area contributed by atoms with E-state index in [1.807, 2.05) is 24.4 Å². The summed E-state index contributed by atoms with van der Waals surface area (Å²) in [5.41, 5.74) is 7.24. The van der Waals surface area contributed by atoms with Crippen molar-refractivity contribution in [2.24, 2.45) is 5.73 Å². The highest BCUT2D eigenvalue weighted by Gasteiger charge is 2.14. The maximum absolute atomic E-state index is 10.0. The minimum atomic E-state index is -0.503. The number of hydrogen-bond acceptors (Lipinski definition) is 2. The summed E-state index contributed by atoms with van der Waals surface area (Å²) < 4.78 is 0. The van der Waals surface area contributed by atoms with E-state index in [0.29, 0.717) is 18.0 Å². The molecule has 3 nitrogen and oxygen atoms in total. The molecule has 1 aromatic heterocycles. The molecule has 0 radical (unpaired) electrons. The summed E-state index contributed by atoms with van der Waals surface area (Å²) >= 11 is 6.13. The van der Waals surface area contributed by atoms with Gasteiger partial charge >= 0.3 is 0 Å². The summed E-state index contributed by atoms with van der Waals surface area (Å²) in [5.74, 6) is 0. The van der Waals surface area contributed by atoms with Crippen LogP contribution in [-0.2, 0) is 0 Å². The number of nitrogens with two attached hydrogens (primary N) is 1. The smallest absolute Gasteiger partial charge is 0.0811 e. The average molecular weight is 239 g/mol. The Morgan fingerprint density at radius 3 is 3.00 bits per heavy atom. The maximum Gasteiger partial charge on any atom is 0.0811 e. The van der Waals surface area contributed by atoms with Crippen molar-refractivity contribution < 1.29 is 5.11 Å². The van der Waals surface area contributed by atoms with E-state index in [9.17, 15) is 5.11 Å². The van der Waals surface area contributed by atoms with Crippen LogP contribution in [0.1, 0.15) is 24.5 Å². The standard InChI is InChI=1S/C12H15ClN2O/c13-9-3-1-4-10-12(9)8(7-15-10)11(16)5-2-6-14/h1,3-4,7,11,15-16H,2,5-6,14H2. The molecule has 1 heterocycles. The van der Waals surface area contributed by atoms with Crippen LogP contribution in [0.2, 0.25) is 5.02 Å². The van der Waals surface area contributed by atoms with Gasteiger partial charge in [-0.05, 0) is 31.5 Å². The number of rotatable bonds is 4. The Balaban J connectivity index is 2.37. The lowest BCUT2D eigenvalue weighted by molar-refractivity contribution is 0.167. The first-order valence-electron chi connectivity index (χ1n) is 5.37. The van der Waals surface area contributed by atoms with Crippen molar-refractivity contribution in [1.29, 1.82) is 0 Å². The van der Waals surface area contributed by atoms with Crippen LogP contribution in [0.15, 0.2) is 24.4 Å². The zero-order chi connectivity index (χ0) is 11.5. The van der Waals surface area contributed by atoms with Crippen molar-refractivity contribution >= 4 is 22.5 Å². The van der Waals surface area contributed by atoms with Crippen LogP contribution < -0.4 is 5.73 Å². The van der Waals surface area contributed by atoms with Gasteiger partial charge in [-0.3, -0.25) is 0 Å². The van der Waals surface area contributed by atoms with Gasteiger partial charge in [0.1, 0.15) is 0 Å². The summed E-state index contributed by atoms with van der Waals surface area (Å²) in [6.45, 7) is 0.590. The predicted molar refractivity (Wildman–Crippen MR) is 66.6 cm³/mol. The van der Waals surface area contributed by atoms with E-state index in [2.05, 4.69) is 4.98 Å². The lowest BCUT2D eigenvalue weighted by Gasteiger charge is -2.09. The van der Waals surface area contributed by atoms with Gasteiger partial charge in [-0.15, -0.1) is 0 Å². The maximum atomic E-state index is 10.0. The van der Waals surface area contributed by atoms with Gasteiger partial charge in [0.25, 0.3) is 0 Å². The zero-order valence-corrected chi connectivity index (χ0v) is 9.67. The monoisotopic (exact) mass is 238 g/mol. The van der Waals surface area contributed by atoms with Gasteiger partial charge < -0.3 is 15.8 Å². The van der Waals surface area contributed by atoms with E-state index in [0.717, 1.165) is 22.9 Å². The molecule has 1 unspecified atom stereocenters. The van der Waals surface area contributed by atoms with Crippen LogP contribution in [0, 0.1) is 0 Å². The molecule has 4 N–H and O–H groups in total. The van der Waals surface area contributed by atoms with Gasteiger partial charge in [-0.1, -0.05) is 17.7 Å². The van der Waals surface area contributed by atoms with Crippen LogP contribution in [0.25, 0.3) is 10.9 Å². The topological polar surface area (TPSA) is 62.0 Å². The Labute approximate surface area is 99.2 Å². The Hall–Kier alpha value is -1.03. The van der Waals surface area contributed by atoms with Crippen LogP contribution >= 0.6 is 11.6 Å². The molecule has 2 rings (SSSR count). The minimum absolute atomic E-state index is 0.503. The van der Waals surface area contributed by atoms with E-state index in [1.165, 1.54) is 0 Å². The number of benzene rings is 1. The van der Waals surface area contributed by atoms with Crippen molar-refractivity contribution in [3.8, 4) is 0 Å². The fourth-order valence-electron chi connectivity index (χ4n) is 1.89. The second-order valence-electron chi connectivity index (χ2n) is 3.85. The van der Waals surface area contributed by atoms with Gasteiger partial charge in [0, 0.05) is 22.7 Å². The summed E-state index contributed by atoms with van der Waals surface area (Å²) in [7, 11) is 0. The molecule has 1 aromatic carbocycles. The first-order chi connectivity index (χ1) is 7.74. The molecule has 2 aromatic rings. The summed E-state index contributed by atoms with van der Waals surface area (Å²) in [4.78, 5) is 3.11. The van der Waals surface area contributed by atoms with Crippen molar-refractivity contribution in [3.05, 3.63) is 35.0 Å². The molecule has 0 spiro atoms.